The molecule has 1 aliphatic heterocycles. The number of hydrogen-bond donors (Lipinski definition) is 2. The van der Waals surface area contributed by atoms with Gasteiger partial charge in [-0.25, -0.2) is 4.79 Å². The van der Waals surface area contributed by atoms with Crippen LogP contribution in [0.4, 0.5) is 10.5 Å². The van der Waals surface area contributed by atoms with Gasteiger partial charge in [-0.2, -0.15) is 0 Å². The van der Waals surface area contributed by atoms with Gasteiger partial charge in [-0.1, -0.05) is 24.0 Å². The van der Waals surface area contributed by atoms with Crippen LogP contribution in [0.25, 0.3) is 0 Å². The Balaban J connectivity index is 2.07. The summed E-state index contributed by atoms with van der Waals surface area (Å²) in [6.45, 7) is 1.99. The second-order valence-electron chi connectivity index (χ2n) is 4.53. The average molecular weight is 257 g/mol. The van der Waals surface area contributed by atoms with Crippen molar-refractivity contribution < 1.29 is 4.79 Å². The average Bonchev–Trinajstić information content (AvgIpc) is 2.47. The maximum Gasteiger partial charge on any atom is 0.321 e. The molecule has 4 heteroatoms. The zero-order valence-corrected chi connectivity index (χ0v) is 11.0. The van der Waals surface area contributed by atoms with Gasteiger partial charge in [0.1, 0.15) is 0 Å². The molecule has 19 heavy (non-hydrogen) atoms. The molecule has 1 saturated heterocycles. The molecule has 3 N–H and O–H groups in total. The maximum absolute atomic E-state index is 12.1. The lowest BCUT2D eigenvalue weighted by atomic mass is 10.1. The van der Waals surface area contributed by atoms with Crippen molar-refractivity contribution in [3.63, 3.8) is 0 Å². The van der Waals surface area contributed by atoms with Crippen LogP contribution < -0.4 is 11.1 Å². The molecule has 0 bridgehead atoms. The molecule has 0 unspecified atom stereocenters. The van der Waals surface area contributed by atoms with Crippen LogP contribution in [0.3, 0.4) is 0 Å². The van der Waals surface area contributed by atoms with Crippen molar-refractivity contribution in [3.8, 4) is 11.8 Å². The summed E-state index contributed by atoms with van der Waals surface area (Å²) < 4.78 is 0. The largest absolute Gasteiger partial charge is 0.325 e. The van der Waals surface area contributed by atoms with E-state index in [9.17, 15) is 4.79 Å². The van der Waals surface area contributed by atoms with Crippen LogP contribution in [-0.4, -0.2) is 30.6 Å². The van der Waals surface area contributed by atoms with Crippen molar-refractivity contribution in [2.75, 3.05) is 25.0 Å². The molecule has 0 radical (unpaired) electrons. The van der Waals surface area contributed by atoms with Crippen LogP contribution >= 0.6 is 0 Å². The molecule has 1 heterocycles. The number of nitrogens with one attached hydrogen (secondary N) is 1. The normalized spacial score (nSPS) is 14.5. The predicted molar refractivity (Wildman–Crippen MR) is 76.8 cm³/mol. The molecular formula is C15H19N3O. The Bertz CT molecular complexity index is 496. The highest BCUT2D eigenvalue weighted by Crippen LogP contribution is 2.16. The minimum absolute atomic E-state index is 0.0401. The molecule has 2 amide bonds. The second kappa shape index (κ2) is 6.81. The minimum Gasteiger partial charge on any atom is -0.325 e. The molecule has 0 spiro atoms. The van der Waals surface area contributed by atoms with E-state index >= 15 is 0 Å². The lowest BCUT2D eigenvalue weighted by Gasteiger charge is -2.27. The standard InChI is InChI=1S/C15H19N3O/c16-10-6-8-13-7-2-3-9-14(13)17-15(19)18-11-4-1-5-12-18/h2-3,7,9H,1,4-5,10-12,16H2,(H,17,19). The second-order valence-corrected chi connectivity index (χ2v) is 4.53. The number of amides is 2. The molecular weight excluding hydrogens is 238 g/mol. The summed E-state index contributed by atoms with van der Waals surface area (Å²) in [5, 5.41) is 2.93. The van der Waals surface area contributed by atoms with E-state index in [1.165, 1.54) is 6.42 Å². The van der Waals surface area contributed by atoms with E-state index in [1.807, 2.05) is 29.2 Å². The van der Waals surface area contributed by atoms with Crippen molar-refractivity contribution in [3.05, 3.63) is 29.8 Å². The number of benzene rings is 1. The topological polar surface area (TPSA) is 58.4 Å². The van der Waals surface area contributed by atoms with Crippen LogP contribution in [0.5, 0.6) is 0 Å². The number of nitrogens with two attached hydrogens (primary N) is 1. The van der Waals surface area contributed by atoms with Crippen molar-refractivity contribution in [1.29, 1.82) is 0 Å². The van der Waals surface area contributed by atoms with Gasteiger partial charge in [-0.05, 0) is 31.4 Å². The van der Waals surface area contributed by atoms with E-state index in [0.717, 1.165) is 37.2 Å². The van der Waals surface area contributed by atoms with Gasteiger partial charge in [-0.15, -0.1) is 0 Å². The maximum atomic E-state index is 12.1. The van der Waals surface area contributed by atoms with Crippen LogP contribution in [0, 0.1) is 11.8 Å². The van der Waals surface area contributed by atoms with Gasteiger partial charge in [-0.3, -0.25) is 0 Å². The van der Waals surface area contributed by atoms with Crippen LogP contribution in [0.15, 0.2) is 24.3 Å². The fraction of sp³-hybridized carbons (Fsp3) is 0.400. The molecule has 0 aliphatic carbocycles. The van der Waals surface area contributed by atoms with Crippen LogP contribution in [-0.2, 0) is 0 Å². The quantitative estimate of drug-likeness (QED) is 0.756. The van der Waals surface area contributed by atoms with Gasteiger partial charge in [0.15, 0.2) is 0 Å². The van der Waals surface area contributed by atoms with Gasteiger partial charge >= 0.3 is 6.03 Å². The van der Waals surface area contributed by atoms with E-state index in [1.54, 1.807) is 0 Å². The Morgan fingerprint density at radius 1 is 1.26 bits per heavy atom. The van der Waals surface area contributed by atoms with Gasteiger partial charge in [0.25, 0.3) is 0 Å². The number of anilines is 1. The molecule has 1 aliphatic rings. The SMILES string of the molecule is NCC#Cc1ccccc1NC(=O)N1CCCCC1. The van der Waals surface area contributed by atoms with Gasteiger partial charge in [0.05, 0.1) is 12.2 Å². The van der Waals surface area contributed by atoms with Gasteiger partial charge < -0.3 is 16.0 Å². The third kappa shape index (κ3) is 3.73. The van der Waals surface area contributed by atoms with E-state index in [2.05, 4.69) is 17.2 Å². The highest BCUT2D eigenvalue weighted by molar-refractivity contribution is 5.90. The van der Waals surface area contributed by atoms with Gasteiger partial charge in [0.2, 0.25) is 0 Å². The molecule has 1 aromatic rings. The van der Waals surface area contributed by atoms with Gasteiger partial charge in [0, 0.05) is 18.7 Å². The monoisotopic (exact) mass is 257 g/mol. The van der Waals surface area contributed by atoms with Crippen molar-refractivity contribution in [1.82, 2.24) is 4.90 Å². The van der Waals surface area contributed by atoms with E-state index in [4.69, 9.17) is 5.73 Å². The first-order chi connectivity index (χ1) is 9.31. The summed E-state index contributed by atoms with van der Waals surface area (Å²) in [6, 6.07) is 7.50. The molecule has 1 fully saturated rings. The Labute approximate surface area is 114 Å². The summed E-state index contributed by atoms with van der Waals surface area (Å²) >= 11 is 0. The number of likely N-dealkylation sites (tertiary alicyclic amines) is 1. The third-order valence-electron chi connectivity index (χ3n) is 3.14. The van der Waals surface area contributed by atoms with E-state index in [-0.39, 0.29) is 6.03 Å². The number of urea groups is 1. The fourth-order valence-electron chi connectivity index (χ4n) is 2.14. The van der Waals surface area contributed by atoms with Crippen molar-refractivity contribution >= 4 is 11.7 Å². The minimum atomic E-state index is -0.0401. The predicted octanol–water partition coefficient (Wildman–Crippen LogP) is 2.01. The number of rotatable bonds is 1. The molecule has 0 aromatic heterocycles. The Morgan fingerprint density at radius 2 is 2.00 bits per heavy atom. The fourth-order valence-corrected chi connectivity index (χ4v) is 2.14. The number of hydrogen-bond acceptors (Lipinski definition) is 2. The smallest absolute Gasteiger partial charge is 0.321 e. The first-order valence-corrected chi connectivity index (χ1v) is 6.65. The number of para-hydroxylation sites is 1. The lowest BCUT2D eigenvalue weighted by Crippen LogP contribution is -2.38. The Morgan fingerprint density at radius 3 is 2.74 bits per heavy atom. The molecule has 1 aromatic carbocycles. The number of carbonyl (C=O) groups is 1. The molecule has 2 rings (SSSR count). The Kier molecular flexibility index (Phi) is 4.82. The van der Waals surface area contributed by atoms with E-state index in [0.29, 0.717) is 6.54 Å². The summed E-state index contributed by atoms with van der Waals surface area (Å²) in [6.07, 6.45) is 3.38. The van der Waals surface area contributed by atoms with Crippen molar-refractivity contribution in [2.45, 2.75) is 19.3 Å². The summed E-state index contributed by atoms with van der Waals surface area (Å²) in [4.78, 5) is 14.0. The summed E-state index contributed by atoms with van der Waals surface area (Å²) in [5.41, 5.74) is 6.93. The molecule has 0 atom stereocenters. The number of nitrogens with zero attached hydrogens (tertiary/aromatic N) is 1. The third-order valence-corrected chi connectivity index (χ3v) is 3.14. The highest BCUT2D eigenvalue weighted by atomic mass is 16.2. The molecule has 100 valence electrons. The molecule has 0 saturated carbocycles. The number of carbonyl (C=O) groups excluding carboxylic acids is 1. The zero-order chi connectivity index (χ0) is 13.5. The lowest BCUT2D eigenvalue weighted by molar-refractivity contribution is 0.200. The summed E-state index contributed by atoms with van der Waals surface area (Å²) in [5.74, 6) is 5.78. The summed E-state index contributed by atoms with van der Waals surface area (Å²) in [7, 11) is 0. The molecule has 4 nitrogen and oxygen atoms in total. The first kappa shape index (κ1) is 13.4. The van der Waals surface area contributed by atoms with E-state index < -0.39 is 0 Å². The Hall–Kier alpha value is -1.99. The van der Waals surface area contributed by atoms with Crippen molar-refractivity contribution in [2.24, 2.45) is 5.73 Å². The van der Waals surface area contributed by atoms with Crippen LogP contribution in [0.1, 0.15) is 24.8 Å². The first-order valence-electron chi connectivity index (χ1n) is 6.65. The zero-order valence-electron chi connectivity index (χ0n) is 11.0. The van der Waals surface area contributed by atoms with Crippen LogP contribution in [0.2, 0.25) is 0 Å². The number of piperidine rings is 1. The highest BCUT2D eigenvalue weighted by Gasteiger charge is 2.16.